The van der Waals surface area contributed by atoms with E-state index < -0.39 is 10.8 Å². The number of hydrogen-bond acceptors (Lipinski definition) is 7. The molecule has 1 aromatic carbocycles. The van der Waals surface area contributed by atoms with Crippen molar-refractivity contribution in [3.63, 3.8) is 0 Å². The quantitative estimate of drug-likeness (QED) is 0.473. The maximum Gasteiger partial charge on any atom is 0.184 e. The number of fused-ring (bicyclic) bond motifs is 1. The number of pyridine rings is 1. The van der Waals surface area contributed by atoms with Crippen LogP contribution < -0.4 is 11.5 Å². The third kappa shape index (κ3) is 4.11. The van der Waals surface area contributed by atoms with Gasteiger partial charge in [0, 0.05) is 39.6 Å². The van der Waals surface area contributed by atoms with Gasteiger partial charge in [-0.05, 0) is 24.6 Å². The van der Waals surface area contributed by atoms with Gasteiger partial charge in [-0.25, -0.2) is 24.0 Å². The first-order chi connectivity index (χ1) is 14.8. The second-order valence-electron chi connectivity index (χ2n) is 7.28. The van der Waals surface area contributed by atoms with E-state index in [1.165, 1.54) is 6.07 Å². The number of rotatable bonds is 6. The third-order valence-corrected chi connectivity index (χ3v) is 6.43. The van der Waals surface area contributed by atoms with E-state index in [0.717, 1.165) is 0 Å². The summed E-state index contributed by atoms with van der Waals surface area (Å²) >= 11 is 0. The Morgan fingerprint density at radius 2 is 1.84 bits per heavy atom. The van der Waals surface area contributed by atoms with Gasteiger partial charge in [0.1, 0.15) is 23.1 Å². The van der Waals surface area contributed by atoms with E-state index in [0.29, 0.717) is 34.3 Å². The van der Waals surface area contributed by atoms with Gasteiger partial charge in [-0.3, -0.25) is 4.21 Å². The lowest BCUT2D eigenvalue weighted by Crippen LogP contribution is -2.17. The Hall–Kier alpha value is -3.40. The van der Waals surface area contributed by atoms with Crippen LogP contribution in [0.2, 0.25) is 0 Å². The SMILES string of the molecule is CC(Cc1c(N)nc(-c2nn(Cc3ccccc3F)c3ncccc23)nc1N)S(C)=O. The number of nitrogens with zero attached hydrogens (tertiary/aromatic N) is 5. The molecule has 31 heavy (non-hydrogen) atoms. The van der Waals surface area contributed by atoms with Crippen LogP contribution in [0.5, 0.6) is 0 Å². The summed E-state index contributed by atoms with van der Waals surface area (Å²) in [5, 5.41) is 5.17. The number of aromatic nitrogens is 5. The van der Waals surface area contributed by atoms with Crippen LogP contribution in [-0.4, -0.2) is 40.4 Å². The predicted octanol–water partition coefficient (Wildman–Crippen LogP) is 2.55. The highest BCUT2D eigenvalue weighted by atomic mass is 32.2. The van der Waals surface area contributed by atoms with E-state index in [2.05, 4.69) is 20.1 Å². The van der Waals surface area contributed by atoms with Crippen molar-refractivity contribution in [1.82, 2.24) is 24.7 Å². The molecule has 8 nitrogen and oxygen atoms in total. The summed E-state index contributed by atoms with van der Waals surface area (Å²) < 4.78 is 27.5. The van der Waals surface area contributed by atoms with Crippen molar-refractivity contribution < 1.29 is 8.60 Å². The van der Waals surface area contributed by atoms with Gasteiger partial charge in [0.25, 0.3) is 0 Å². The first-order valence-corrected chi connectivity index (χ1v) is 11.3. The minimum atomic E-state index is -1.03. The van der Waals surface area contributed by atoms with E-state index in [1.54, 1.807) is 41.4 Å². The van der Waals surface area contributed by atoms with Gasteiger partial charge in [0.2, 0.25) is 0 Å². The minimum absolute atomic E-state index is 0.135. The zero-order valence-electron chi connectivity index (χ0n) is 17.1. The van der Waals surface area contributed by atoms with Crippen molar-refractivity contribution in [2.24, 2.45) is 0 Å². The average Bonchev–Trinajstić information content (AvgIpc) is 3.10. The Bertz CT molecular complexity index is 1270. The average molecular weight is 440 g/mol. The first-order valence-electron chi connectivity index (χ1n) is 9.64. The van der Waals surface area contributed by atoms with Crippen LogP contribution in [0.15, 0.2) is 42.6 Å². The summed E-state index contributed by atoms with van der Waals surface area (Å²) in [6.45, 7) is 2.05. The summed E-state index contributed by atoms with van der Waals surface area (Å²) in [5.74, 6) is 0.385. The third-order valence-electron chi connectivity index (χ3n) is 5.13. The summed E-state index contributed by atoms with van der Waals surface area (Å²) in [5.41, 5.74) is 14.4. The standard InChI is InChI=1S/C21H22FN7OS/c1-12(31(2)30)10-15-18(23)26-20(27-19(15)24)17-14-7-5-9-25-21(14)29(28-17)11-13-6-3-4-8-16(13)22/h3-9,12H,10-11H2,1-2H3,(H4,23,24,26,27). The number of nitrogens with two attached hydrogens (primary N) is 2. The number of nitrogen functional groups attached to an aromatic ring is 2. The van der Waals surface area contributed by atoms with Crippen LogP contribution in [0.1, 0.15) is 18.1 Å². The summed E-state index contributed by atoms with van der Waals surface area (Å²) in [7, 11) is -1.03. The van der Waals surface area contributed by atoms with E-state index in [9.17, 15) is 8.60 Å². The van der Waals surface area contributed by atoms with Crippen molar-refractivity contribution >= 4 is 33.5 Å². The molecule has 0 aliphatic heterocycles. The fraction of sp³-hybridized carbons (Fsp3) is 0.238. The van der Waals surface area contributed by atoms with Crippen LogP contribution in [0, 0.1) is 5.82 Å². The Morgan fingerprint density at radius 1 is 1.13 bits per heavy atom. The Kier molecular flexibility index (Phi) is 5.64. The minimum Gasteiger partial charge on any atom is -0.383 e. The molecule has 0 saturated heterocycles. The monoisotopic (exact) mass is 439 g/mol. The fourth-order valence-corrected chi connectivity index (χ4v) is 3.71. The summed E-state index contributed by atoms with van der Waals surface area (Å²) in [6.07, 6.45) is 3.68. The highest BCUT2D eigenvalue weighted by Gasteiger charge is 2.20. The zero-order chi connectivity index (χ0) is 22.1. The molecular formula is C21H22FN7OS. The van der Waals surface area contributed by atoms with Crippen LogP contribution in [0.25, 0.3) is 22.6 Å². The first kappa shape index (κ1) is 20.9. The molecule has 0 fully saturated rings. The molecule has 0 radical (unpaired) electrons. The molecule has 0 aliphatic rings. The number of benzene rings is 1. The molecule has 0 amide bonds. The molecule has 160 valence electrons. The zero-order valence-corrected chi connectivity index (χ0v) is 17.9. The molecule has 4 N–H and O–H groups in total. The van der Waals surface area contributed by atoms with E-state index in [-0.39, 0.29) is 35.1 Å². The molecule has 0 aliphatic carbocycles. The molecule has 2 unspecified atom stereocenters. The van der Waals surface area contributed by atoms with Gasteiger partial charge < -0.3 is 11.5 Å². The van der Waals surface area contributed by atoms with Crippen LogP contribution >= 0.6 is 0 Å². The number of hydrogen-bond donors (Lipinski definition) is 2. The van der Waals surface area contributed by atoms with Crippen molar-refractivity contribution in [2.75, 3.05) is 17.7 Å². The predicted molar refractivity (Wildman–Crippen MR) is 120 cm³/mol. The molecule has 10 heteroatoms. The van der Waals surface area contributed by atoms with Gasteiger partial charge in [-0.15, -0.1) is 0 Å². The molecule has 2 atom stereocenters. The van der Waals surface area contributed by atoms with Crippen LogP contribution in [0.3, 0.4) is 0 Å². The van der Waals surface area contributed by atoms with Crippen molar-refractivity contribution in [1.29, 1.82) is 0 Å². The normalized spacial score (nSPS) is 13.4. The summed E-state index contributed by atoms with van der Waals surface area (Å²) in [6, 6.07) is 10.1. The lowest BCUT2D eigenvalue weighted by Gasteiger charge is -2.12. The van der Waals surface area contributed by atoms with Crippen LogP contribution in [-0.2, 0) is 23.8 Å². The molecule has 3 aromatic heterocycles. The molecule has 0 bridgehead atoms. The summed E-state index contributed by atoms with van der Waals surface area (Å²) in [4.78, 5) is 13.2. The van der Waals surface area contributed by atoms with Gasteiger partial charge in [0.15, 0.2) is 11.5 Å². The fourth-order valence-electron chi connectivity index (χ4n) is 3.31. The van der Waals surface area contributed by atoms with Gasteiger partial charge in [-0.2, -0.15) is 5.10 Å². The van der Waals surface area contributed by atoms with E-state index in [1.807, 2.05) is 13.0 Å². The molecule has 0 saturated carbocycles. The van der Waals surface area contributed by atoms with E-state index in [4.69, 9.17) is 11.5 Å². The maximum absolute atomic E-state index is 14.2. The highest BCUT2D eigenvalue weighted by Crippen LogP contribution is 2.28. The largest absolute Gasteiger partial charge is 0.383 e. The second kappa shape index (κ2) is 8.38. The molecule has 0 spiro atoms. The Balaban J connectivity index is 1.78. The second-order valence-corrected chi connectivity index (χ2v) is 9.08. The topological polar surface area (TPSA) is 126 Å². The Morgan fingerprint density at radius 3 is 2.52 bits per heavy atom. The van der Waals surface area contributed by atoms with Gasteiger partial charge >= 0.3 is 0 Å². The highest BCUT2D eigenvalue weighted by molar-refractivity contribution is 7.84. The lowest BCUT2D eigenvalue weighted by atomic mass is 10.1. The smallest absolute Gasteiger partial charge is 0.184 e. The van der Waals surface area contributed by atoms with Crippen molar-refractivity contribution in [2.45, 2.75) is 25.1 Å². The Labute approximate surface area is 181 Å². The van der Waals surface area contributed by atoms with Crippen LogP contribution in [0.4, 0.5) is 16.0 Å². The molecule has 4 aromatic rings. The lowest BCUT2D eigenvalue weighted by molar-refractivity contribution is 0.589. The molecule has 4 rings (SSSR count). The molecular weight excluding hydrogens is 417 g/mol. The van der Waals surface area contributed by atoms with Crippen molar-refractivity contribution in [3.8, 4) is 11.5 Å². The number of anilines is 2. The van der Waals surface area contributed by atoms with Gasteiger partial charge in [0.05, 0.1) is 11.9 Å². The van der Waals surface area contributed by atoms with Gasteiger partial charge in [-0.1, -0.05) is 25.1 Å². The van der Waals surface area contributed by atoms with E-state index >= 15 is 0 Å². The molecule has 3 heterocycles. The number of halogens is 1. The maximum atomic E-state index is 14.2. The van der Waals surface area contributed by atoms with Crippen molar-refractivity contribution in [3.05, 3.63) is 59.5 Å².